The molecule has 78 valence electrons. The summed E-state index contributed by atoms with van der Waals surface area (Å²) in [7, 11) is 0. The van der Waals surface area contributed by atoms with Gasteiger partial charge in [0.25, 0.3) is 0 Å². The predicted molar refractivity (Wildman–Crippen MR) is 61.3 cm³/mol. The molecule has 1 atom stereocenters. The van der Waals surface area contributed by atoms with Crippen LogP contribution in [0.1, 0.15) is 18.0 Å². The quantitative estimate of drug-likeness (QED) is 0.864. The van der Waals surface area contributed by atoms with E-state index in [9.17, 15) is 4.39 Å². The molecule has 0 aromatic heterocycles. The summed E-state index contributed by atoms with van der Waals surface area (Å²) in [6, 6.07) is 4.39. The van der Waals surface area contributed by atoms with Crippen molar-refractivity contribution in [1.82, 2.24) is 0 Å². The Morgan fingerprint density at radius 1 is 1.57 bits per heavy atom. The zero-order valence-electron chi connectivity index (χ0n) is 7.97. The van der Waals surface area contributed by atoms with E-state index in [2.05, 4.69) is 0 Å². The van der Waals surface area contributed by atoms with Crippen molar-refractivity contribution in [3.63, 3.8) is 0 Å². The Morgan fingerprint density at radius 2 is 2.29 bits per heavy atom. The molecule has 1 aromatic carbocycles. The van der Waals surface area contributed by atoms with E-state index in [1.807, 2.05) is 6.26 Å². The summed E-state index contributed by atoms with van der Waals surface area (Å²) >= 11 is 7.35. The fraction of sp³-hybridized carbons (Fsp3) is 0.400. The third kappa shape index (κ3) is 3.15. The van der Waals surface area contributed by atoms with Gasteiger partial charge >= 0.3 is 0 Å². The average molecular weight is 234 g/mol. The molecule has 0 heterocycles. The molecule has 2 N–H and O–H groups in total. The molecule has 0 bridgehead atoms. The predicted octanol–water partition coefficient (Wildman–Crippen LogP) is 3.23. The van der Waals surface area contributed by atoms with Gasteiger partial charge in [-0.3, -0.25) is 0 Å². The maximum Gasteiger partial charge on any atom is 0.129 e. The molecule has 1 aromatic rings. The number of hydrogen-bond donors (Lipinski definition) is 1. The van der Waals surface area contributed by atoms with Crippen LogP contribution < -0.4 is 5.73 Å². The zero-order chi connectivity index (χ0) is 10.6. The van der Waals surface area contributed by atoms with Crippen molar-refractivity contribution in [2.24, 2.45) is 5.73 Å². The third-order valence-electron chi connectivity index (χ3n) is 1.99. The number of nitrogens with two attached hydrogens (primary N) is 1. The smallest absolute Gasteiger partial charge is 0.129 e. The molecule has 0 aliphatic rings. The van der Waals surface area contributed by atoms with Gasteiger partial charge in [-0.2, -0.15) is 11.8 Å². The molecule has 1 rings (SSSR count). The van der Waals surface area contributed by atoms with Crippen LogP contribution in [0.2, 0.25) is 5.02 Å². The molecule has 0 spiro atoms. The summed E-state index contributed by atoms with van der Waals surface area (Å²) in [6.45, 7) is 0. The van der Waals surface area contributed by atoms with Crippen LogP contribution >= 0.6 is 23.4 Å². The van der Waals surface area contributed by atoms with Crippen LogP contribution in [-0.4, -0.2) is 12.0 Å². The van der Waals surface area contributed by atoms with E-state index in [-0.39, 0.29) is 11.9 Å². The van der Waals surface area contributed by atoms with Gasteiger partial charge < -0.3 is 5.73 Å². The first-order valence-electron chi connectivity index (χ1n) is 4.34. The van der Waals surface area contributed by atoms with E-state index < -0.39 is 0 Å². The van der Waals surface area contributed by atoms with E-state index in [0.717, 1.165) is 12.2 Å². The number of rotatable bonds is 4. The minimum Gasteiger partial charge on any atom is -0.324 e. The van der Waals surface area contributed by atoms with Crippen molar-refractivity contribution in [2.75, 3.05) is 12.0 Å². The molecule has 0 amide bonds. The number of halogens is 2. The summed E-state index contributed by atoms with van der Waals surface area (Å²) in [5.74, 6) is 0.620. The molecule has 0 radical (unpaired) electrons. The van der Waals surface area contributed by atoms with Crippen LogP contribution in [0.3, 0.4) is 0 Å². The standard InChI is InChI=1S/C10H13ClFNS/c1-14-5-4-10(13)8-3-2-7(11)6-9(8)12/h2-3,6,10H,4-5,13H2,1H3. The van der Waals surface area contributed by atoms with Crippen LogP contribution in [0, 0.1) is 5.82 Å². The maximum atomic E-state index is 13.4. The molecule has 0 fully saturated rings. The van der Waals surface area contributed by atoms with Gasteiger partial charge in [0.2, 0.25) is 0 Å². The Kier molecular flexibility index (Phi) is 4.72. The van der Waals surface area contributed by atoms with Gasteiger partial charge in [0.15, 0.2) is 0 Å². The highest BCUT2D eigenvalue weighted by Gasteiger charge is 2.10. The monoisotopic (exact) mass is 233 g/mol. The fourth-order valence-corrected chi connectivity index (χ4v) is 1.85. The van der Waals surface area contributed by atoms with Gasteiger partial charge in [0.1, 0.15) is 5.82 Å². The highest BCUT2D eigenvalue weighted by atomic mass is 35.5. The second kappa shape index (κ2) is 5.59. The number of benzene rings is 1. The molecule has 0 saturated carbocycles. The summed E-state index contributed by atoms with van der Waals surface area (Å²) < 4.78 is 13.4. The SMILES string of the molecule is CSCCC(N)c1ccc(Cl)cc1F. The lowest BCUT2D eigenvalue weighted by Crippen LogP contribution is -2.12. The van der Waals surface area contributed by atoms with Crippen molar-refractivity contribution in [3.8, 4) is 0 Å². The topological polar surface area (TPSA) is 26.0 Å². The first-order chi connectivity index (χ1) is 6.65. The normalized spacial score (nSPS) is 12.9. The Morgan fingerprint density at radius 3 is 2.86 bits per heavy atom. The third-order valence-corrected chi connectivity index (χ3v) is 2.87. The van der Waals surface area contributed by atoms with Crippen LogP contribution in [-0.2, 0) is 0 Å². The van der Waals surface area contributed by atoms with E-state index >= 15 is 0 Å². The first-order valence-corrected chi connectivity index (χ1v) is 6.11. The lowest BCUT2D eigenvalue weighted by molar-refractivity contribution is 0.577. The van der Waals surface area contributed by atoms with Gasteiger partial charge in [-0.05, 0) is 30.6 Å². The Hall–Kier alpha value is -0.250. The van der Waals surface area contributed by atoms with Crippen molar-refractivity contribution in [2.45, 2.75) is 12.5 Å². The fourth-order valence-electron chi connectivity index (χ4n) is 1.20. The zero-order valence-corrected chi connectivity index (χ0v) is 9.54. The minimum atomic E-state index is -0.314. The number of thioether (sulfide) groups is 1. The lowest BCUT2D eigenvalue weighted by Gasteiger charge is -2.12. The second-order valence-electron chi connectivity index (χ2n) is 3.05. The highest BCUT2D eigenvalue weighted by molar-refractivity contribution is 7.98. The number of hydrogen-bond acceptors (Lipinski definition) is 2. The second-order valence-corrected chi connectivity index (χ2v) is 4.48. The molecule has 14 heavy (non-hydrogen) atoms. The largest absolute Gasteiger partial charge is 0.324 e. The van der Waals surface area contributed by atoms with E-state index in [4.69, 9.17) is 17.3 Å². The molecule has 0 saturated heterocycles. The molecule has 0 aliphatic heterocycles. The molecular weight excluding hydrogens is 221 g/mol. The van der Waals surface area contributed by atoms with Gasteiger partial charge in [0.05, 0.1) is 0 Å². The van der Waals surface area contributed by atoms with Crippen LogP contribution in [0.15, 0.2) is 18.2 Å². The molecular formula is C10H13ClFNS. The van der Waals surface area contributed by atoms with Crippen molar-refractivity contribution in [3.05, 3.63) is 34.6 Å². The first kappa shape index (κ1) is 11.8. The van der Waals surface area contributed by atoms with E-state index in [0.29, 0.717) is 10.6 Å². The van der Waals surface area contributed by atoms with Crippen molar-refractivity contribution >= 4 is 23.4 Å². The Balaban J connectivity index is 2.74. The van der Waals surface area contributed by atoms with Gasteiger partial charge in [-0.25, -0.2) is 4.39 Å². The van der Waals surface area contributed by atoms with E-state index in [1.165, 1.54) is 6.07 Å². The van der Waals surface area contributed by atoms with Gasteiger partial charge in [-0.1, -0.05) is 17.7 Å². The summed E-state index contributed by atoms with van der Waals surface area (Å²) in [6.07, 6.45) is 2.78. The highest BCUT2D eigenvalue weighted by Crippen LogP contribution is 2.22. The summed E-state index contributed by atoms with van der Waals surface area (Å²) in [4.78, 5) is 0. The molecule has 0 aliphatic carbocycles. The summed E-state index contributed by atoms with van der Waals surface area (Å²) in [5, 5.41) is 0.406. The summed E-state index contributed by atoms with van der Waals surface area (Å²) in [5.41, 5.74) is 6.38. The molecule has 4 heteroatoms. The Bertz CT molecular complexity index is 306. The van der Waals surface area contributed by atoms with Gasteiger partial charge in [0, 0.05) is 16.6 Å². The van der Waals surface area contributed by atoms with Crippen molar-refractivity contribution < 1.29 is 4.39 Å². The van der Waals surface area contributed by atoms with Crippen LogP contribution in [0.25, 0.3) is 0 Å². The molecule has 1 nitrogen and oxygen atoms in total. The average Bonchev–Trinajstić information content (AvgIpc) is 2.14. The minimum absolute atomic E-state index is 0.236. The molecule has 1 unspecified atom stereocenters. The van der Waals surface area contributed by atoms with Crippen LogP contribution in [0.5, 0.6) is 0 Å². The van der Waals surface area contributed by atoms with Gasteiger partial charge in [-0.15, -0.1) is 0 Å². The maximum absolute atomic E-state index is 13.4. The van der Waals surface area contributed by atoms with Crippen LogP contribution in [0.4, 0.5) is 4.39 Å². The Labute approximate surface area is 92.8 Å². The van der Waals surface area contributed by atoms with Crippen molar-refractivity contribution in [1.29, 1.82) is 0 Å². The van der Waals surface area contributed by atoms with E-state index in [1.54, 1.807) is 23.9 Å². The lowest BCUT2D eigenvalue weighted by atomic mass is 10.1.